The molecule has 0 unspecified atom stereocenters. The summed E-state index contributed by atoms with van der Waals surface area (Å²) >= 11 is 1.21. The van der Waals surface area contributed by atoms with Gasteiger partial charge in [0.1, 0.15) is 16.9 Å². The van der Waals surface area contributed by atoms with Crippen LogP contribution >= 0.6 is 11.8 Å². The number of carbonyl (C=O) groups is 1. The van der Waals surface area contributed by atoms with E-state index in [9.17, 15) is 14.4 Å². The standard InChI is InChI=1S/C20H16FN3OS/c1-12-7-14-9-15(10-22)20(24-18(14)8-13(12)2)26-11-19(25)23-17-5-3-16(21)4-6-17/h3-9H,11H2,1-2H3,(H,23,25). The molecule has 0 aliphatic carbocycles. The Morgan fingerprint density at radius 2 is 1.88 bits per heavy atom. The molecule has 1 N–H and O–H groups in total. The van der Waals surface area contributed by atoms with Crippen molar-refractivity contribution in [3.63, 3.8) is 0 Å². The summed E-state index contributed by atoms with van der Waals surface area (Å²) in [5.41, 5.74) is 4.03. The molecular formula is C20H16FN3OS. The lowest BCUT2D eigenvalue weighted by Crippen LogP contribution is -2.14. The Morgan fingerprint density at radius 1 is 1.19 bits per heavy atom. The lowest BCUT2D eigenvalue weighted by Gasteiger charge is -2.08. The first kappa shape index (κ1) is 17.9. The quantitative estimate of drug-likeness (QED) is 0.687. The van der Waals surface area contributed by atoms with E-state index in [0.29, 0.717) is 16.3 Å². The van der Waals surface area contributed by atoms with Gasteiger partial charge in [0.2, 0.25) is 5.91 Å². The van der Waals surface area contributed by atoms with Crippen LogP contribution in [0.1, 0.15) is 16.7 Å². The average molecular weight is 365 g/mol. The van der Waals surface area contributed by atoms with E-state index >= 15 is 0 Å². The summed E-state index contributed by atoms with van der Waals surface area (Å²) in [6.45, 7) is 4.03. The number of pyridine rings is 1. The summed E-state index contributed by atoms with van der Waals surface area (Å²) < 4.78 is 12.9. The topological polar surface area (TPSA) is 65.8 Å². The van der Waals surface area contributed by atoms with Crippen molar-refractivity contribution in [2.24, 2.45) is 0 Å². The Kier molecular flexibility index (Phi) is 5.19. The Balaban J connectivity index is 1.77. The number of rotatable bonds is 4. The number of hydrogen-bond acceptors (Lipinski definition) is 4. The smallest absolute Gasteiger partial charge is 0.234 e. The van der Waals surface area contributed by atoms with Crippen LogP contribution in [0.3, 0.4) is 0 Å². The van der Waals surface area contributed by atoms with Crippen LogP contribution in [0.5, 0.6) is 0 Å². The fourth-order valence-electron chi connectivity index (χ4n) is 2.48. The number of fused-ring (bicyclic) bond motifs is 1. The van der Waals surface area contributed by atoms with Crippen molar-refractivity contribution in [2.75, 3.05) is 11.1 Å². The normalized spacial score (nSPS) is 10.5. The van der Waals surface area contributed by atoms with E-state index in [4.69, 9.17) is 0 Å². The molecule has 1 aromatic heterocycles. The number of carbonyl (C=O) groups excluding carboxylic acids is 1. The maximum Gasteiger partial charge on any atom is 0.234 e. The van der Waals surface area contributed by atoms with Crippen molar-refractivity contribution in [2.45, 2.75) is 18.9 Å². The molecule has 1 heterocycles. The van der Waals surface area contributed by atoms with Gasteiger partial charge in [-0.3, -0.25) is 4.79 Å². The first-order chi connectivity index (χ1) is 12.5. The number of benzene rings is 2. The monoisotopic (exact) mass is 365 g/mol. The van der Waals surface area contributed by atoms with Gasteiger partial charge in [0.25, 0.3) is 0 Å². The largest absolute Gasteiger partial charge is 0.325 e. The highest BCUT2D eigenvalue weighted by Gasteiger charge is 2.11. The molecule has 3 aromatic rings. The number of hydrogen-bond donors (Lipinski definition) is 1. The summed E-state index contributed by atoms with van der Waals surface area (Å²) in [5.74, 6) is -0.496. The number of nitrogens with zero attached hydrogens (tertiary/aromatic N) is 2. The predicted molar refractivity (Wildman–Crippen MR) is 102 cm³/mol. The average Bonchev–Trinajstić information content (AvgIpc) is 2.62. The van der Waals surface area contributed by atoms with Crippen molar-refractivity contribution in [3.05, 3.63) is 65.0 Å². The molecule has 0 aliphatic rings. The van der Waals surface area contributed by atoms with Crippen LogP contribution in [0.4, 0.5) is 10.1 Å². The third-order valence-corrected chi connectivity index (χ3v) is 4.97. The van der Waals surface area contributed by atoms with E-state index in [1.807, 2.05) is 26.0 Å². The molecule has 26 heavy (non-hydrogen) atoms. The molecule has 0 fully saturated rings. The Bertz CT molecular complexity index is 1030. The predicted octanol–water partition coefficient (Wildman–Crippen LogP) is 4.59. The van der Waals surface area contributed by atoms with Crippen LogP contribution in [0, 0.1) is 31.0 Å². The van der Waals surface area contributed by atoms with Crippen molar-refractivity contribution < 1.29 is 9.18 Å². The van der Waals surface area contributed by atoms with Crippen molar-refractivity contribution in [1.82, 2.24) is 4.98 Å². The number of amides is 1. The van der Waals surface area contributed by atoms with E-state index in [-0.39, 0.29) is 17.5 Å². The highest BCUT2D eigenvalue weighted by molar-refractivity contribution is 8.00. The van der Waals surface area contributed by atoms with E-state index < -0.39 is 0 Å². The van der Waals surface area contributed by atoms with E-state index in [1.54, 1.807) is 6.07 Å². The van der Waals surface area contributed by atoms with Gasteiger partial charge < -0.3 is 5.32 Å². The van der Waals surface area contributed by atoms with Gasteiger partial charge in [-0.15, -0.1) is 0 Å². The fourth-order valence-corrected chi connectivity index (χ4v) is 3.24. The number of nitriles is 1. The SMILES string of the molecule is Cc1cc2cc(C#N)c(SCC(=O)Nc3ccc(F)cc3)nc2cc1C. The number of anilines is 1. The summed E-state index contributed by atoms with van der Waals surface area (Å²) in [4.78, 5) is 16.6. The molecule has 0 saturated heterocycles. The zero-order chi connectivity index (χ0) is 18.7. The van der Waals surface area contributed by atoms with Crippen LogP contribution in [0.25, 0.3) is 10.9 Å². The molecule has 2 aromatic carbocycles. The second-order valence-electron chi connectivity index (χ2n) is 5.93. The molecule has 4 nitrogen and oxygen atoms in total. The van der Waals surface area contributed by atoms with Crippen LogP contribution in [-0.4, -0.2) is 16.6 Å². The number of halogens is 1. The minimum atomic E-state index is -0.359. The van der Waals surface area contributed by atoms with Crippen LogP contribution in [-0.2, 0) is 4.79 Å². The molecule has 0 radical (unpaired) electrons. The maximum atomic E-state index is 12.9. The van der Waals surface area contributed by atoms with Crippen LogP contribution < -0.4 is 5.32 Å². The zero-order valence-electron chi connectivity index (χ0n) is 14.3. The maximum absolute atomic E-state index is 12.9. The minimum absolute atomic E-state index is 0.107. The number of thioether (sulfide) groups is 1. The molecule has 0 atom stereocenters. The van der Waals surface area contributed by atoms with Crippen molar-refractivity contribution in [3.8, 4) is 6.07 Å². The molecule has 0 saturated carbocycles. The second kappa shape index (κ2) is 7.54. The first-order valence-electron chi connectivity index (χ1n) is 7.96. The molecular weight excluding hydrogens is 349 g/mol. The van der Waals surface area contributed by atoms with Crippen LogP contribution in [0.2, 0.25) is 0 Å². The van der Waals surface area contributed by atoms with Gasteiger partial charge in [-0.2, -0.15) is 5.26 Å². The van der Waals surface area contributed by atoms with Crippen LogP contribution in [0.15, 0.2) is 47.5 Å². The second-order valence-corrected chi connectivity index (χ2v) is 6.89. The molecule has 0 spiro atoms. The number of aryl methyl sites for hydroxylation is 2. The lowest BCUT2D eigenvalue weighted by molar-refractivity contribution is -0.113. The van der Waals surface area contributed by atoms with Gasteiger partial charge in [0.05, 0.1) is 16.8 Å². The molecule has 3 rings (SSSR count). The van der Waals surface area contributed by atoms with Crippen molar-refractivity contribution in [1.29, 1.82) is 5.26 Å². The highest BCUT2D eigenvalue weighted by atomic mass is 32.2. The van der Waals surface area contributed by atoms with Gasteiger partial charge in [-0.1, -0.05) is 11.8 Å². The third-order valence-electron chi connectivity index (χ3n) is 3.98. The van der Waals surface area contributed by atoms with Gasteiger partial charge in [-0.05, 0) is 67.4 Å². The van der Waals surface area contributed by atoms with E-state index in [2.05, 4.69) is 16.4 Å². The van der Waals surface area contributed by atoms with Gasteiger partial charge >= 0.3 is 0 Å². The minimum Gasteiger partial charge on any atom is -0.325 e. The Hall–Kier alpha value is -2.91. The molecule has 130 valence electrons. The fraction of sp³-hybridized carbons (Fsp3) is 0.150. The third kappa shape index (κ3) is 4.01. The first-order valence-corrected chi connectivity index (χ1v) is 8.95. The van der Waals surface area contributed by atoms with E-state index in [0.717, 1.165) is 22.0 Å². The summed E-state index contributed by atoms with van der Waals surface area (Å²) in [5, 5.41) is 13.5. The van der Waals surface area contributed by atoms with Gasteiger partial charge in [0, 0.05) is 11.1 Å². The van der Waals surface area contributed by atoms with Crippen molar-refractivity contribution >= 4 is 34.3 Å². The van der Waals surface area contributed by atoms with Gasteiger partial charge in [-0.25, -0.2) is 9.37 Å². The molecule has 6 heteroatoms. The Morgan fingerprint density at radius 3 is 2.58 bits per heavy atom. The number of nitrogens with one attached hydrogen (secondary N) is 1. The Labute approximate surface area is 155 Å². The number of aromatic nitrogens is 1. The summed E-state index contributed by atoms with van der Waals surface area (Å²) in [6, 6.07) is 13.5. The van der Waals surface area contributed by atoms with E-state index in [1.165, 1.54) is 36.0 Å². The summed E-state index contributed by atoms with van der Waals surface area (Å²) in [7, 11) is 0. The molecule has 1 amide bonds. The molecule has 0 bridgehead atoms. The summed E-state index contributed by atoms with van der Waals surface area (Å²) in [6.07, 6.45) is 0. The lowest BCUT2D eigenvalue weighted by atomic mass is 10.1. The molecule has 0 aliphatic heterocycles. The zero-order valence-corrected chi connectivity index (χ0v) is 15.2. The highest BCUT2D eigenvalue weighted by Crippen LogP contribution is 2.26. The van der Waals surface area contributed by atoms with Gasteiger partial charge in [0.15, 0.2) is 0 Å².